The van der Waals surface area contributed by atoms with Crippen molar-refractivity contribution in [2.45, 2.75) is 5.75 Å². The second kappa shape index (κ2) is 9.11. The Hall–Kier alpha value is -2.72. The van der Waals surface area contributed by atoms with E-state index in [2.05, 4.69) is 0 Å². The number of thioether (sulfide) groups is 1. The number of hydrogen-bond acceptors (Lipinski definition) is 3. The molecule has 4 heteroatoms. The van der Waals surface area contributed by atoms with Gasteiger partial charge in [0, 0.05) is 11.5 Å². The van der Waals surface area contributed by atoms with Crippen molar-refractivity contribution in [2.24, 2.45) is 0 Å². The highest BCUT2D eigenvalue weighted by Crippen LogP contribution is 2.29. The first-order chi connectivity index (χ1) is 12.8. The number of aromatic carboxylic acids is 1. The van der Waals surface area contributed by atoms with Gasteiger partial charge in [-0.05, 0) is 34.9 Å². The van der Waals surface area contributed by atoms with Crippen LogP contribution in [0.5, 0.6) is 5.75 Å². The van der Waals surface area contributed by atoms with Gasteiger partial charge in [0.25, 0.3) is 0 Å². The van der Waals surface area contributed by atoms with Gasteiger partial charge in [-0.1, -0.05) is 60.7 Å². The van der Waals surface area contributed by atoms with E-state index in [1.54, 1.807) is 23.9 Å². The summed E-state index contributed by atoms with van der Waals surface area (Å²) in [5, 5.41) is 9.55. The topological polar surface area (TPSA) is 46.5 Å². The van der Waals surface area contributed by atoms with Gasteiger partial charge in [-0.2, -0.15) is 11.8 Å². The van der Waals surface area contributed by atoms with Gasteiger partial charge in [0.15, 0.2) is 0 Å². The molecule has 26 heavy (non-hydrogen) atoms. The fourth-order valence-corrected chi connectivity index (χ4v) is 3.60. The largest absolute Gasteiger partial charge is 0.493 e. The van der Waals surface area contributed by atoms with Crippen molar-refractivity contribution < 1.29 is 14.6 Å². The Kier molecular flexibility index (Phi) is 6.34. The molecular weight excluding hydrogens is 344 g/mol. The molecule has 0 radical (unpaired) electrons. The molecule has 0 heterocycles. The minimum absolute atomic E-state index is 0.364. The molecule has 1 N–H and O–H groups in total. The minimum Gasteiger partial charge on any atom is -0.493 e. The molecule has 3 aromatic rings. The summed E-state index contributed by atoms with van der Waals surface area (Å²) in [6.45, 7) is 0.588. The van der Waals surface area contributed by atoms with Gasteiger partial charge in [0.05, 0.1) is 12.2 Å². The first-order valence-electron chi connectivity index (χ1n) is 8.42. The molecule has 0 saturated carbocycles. The summed E-state index contributed by atoms with van der Waals surface area (Å²) in [4.78, 5) is 11.6. The van der Waals surface area contributed by atoms with Crippen LogP contribution in [0.3, 0.4) is 0 Å². The lowest BCUT2D eigenvalue weighted by Crippen LogP contribution is -2.05. The van der Waals surface area contributed by atoms with E-state index in [9.17, 15) is 9.90 Å². The zero-order valence-corrected chi connectivity index (χ0v) is 15.1. The normalized spacial score (nSPS) is 10.5. The molecule has 0 spiro atoms. The lowest BCUT2D eigenvalue weighted by Gasteiger charge is -2.13. The van der Waals surface area contributed by atoms with Crippen molar-refractivity contribution in [2.75, 3.05) is 12.4 Å². The lowest BCUT2D eigenvalue weighted by molar-refractivity contribution is 0.0696. The summed E-state index contributed by atoms with van der Waals surface area (Å²) in [7, 11) is 0. The molecule has 0 unspecified atom stereocenters. The predicted octanol–water partition coefficient (Wildman–Crippen LogP) is 5.36. The average molecular weight is 364 g/mol. The molecular formula is C22H20O3S. The van der Waals surface area contributed by atoms with Crippen LogP contribution in [-0.2, 0) is 5.75 Å². The fourth-order valence-electron chi connectivity index (χ4n) is 2.74. The quantitative estimate of drug-likeness (QED) is 0.546. The van der Waals surface area contributed by atoms with Crippen LogP contribution in [0.2, 0.25) is 0 Å². The van der Waals surface area contributed by atoms with Crippen LogP contribution in [0.15, 0.2) is 78.9 Å². The summed E-state index contributed by atoms with van der Waals surface area (Å²) < 4.78 is 5.70. The molecule has 0 saturated heterocycles. The summed E-state index contributed by atoms with van der Waals surface area (Å²) in [6, 6.07) is 25.1. The van der Waals surface area contributed by atoms with Crippen molar-refractivity contribution >= 4 is 17.7 Å². The Labute approximate surface area is 157 Å². The molecule has 0 atom stereocenters. The summed E-state index contributed by atoms with van der Waals surface area (Å²) >= 11 is 1.68. The molecule has 0 bridgehead atoms. The van der Waals surface area contributed by atoms with E-state index in [0.717, 1.165) is 28.2 Å². The molecule has 0 aliphatic heterocycles. The summed E-state index contributed by atoms with van der Waals surface area (Å²) in [5.41, 5.74) is 3.23. The van der Waals surface area contributed by atoms with E-state index in [1.807, 2.05) is 66.7 Å². The van der Waals surface area contributed by atoms with Gasteiger partial charge in [-0.3, -0.25) is 0 Å². The van der Waals surface area contributed by atoms with E-state index in [0.29, 0.717) is 17.9 Å². The van der Waals surface area contributed by atoms with Gasteiger partial charge in [-0.15, -0.1) is 0 Å². The van der Waals surface area contributed by atoms with Crippen LogP contribution in [0.25, 0.3) is 11.1 Å². The van der Waals surface area contributed by atoms with Crippen molar-refractivity contribution in [3.05, 3.63) is 90.0 Å². The monoisotopic (exact) mass is 364 g/mol. The van der Waals surface area contributed by atoms with E-state index in [-0.39, 0.29) is 0 Å². The number of carboxylic acids is 1. The van der Waals surface area contributed by atoms with E-state index in [4.69, 9.17) is 4.74 Å². The van der Waals surface area contributed by atoms with Crippen LogP contribution in [-0.4, -0.2) is 23.4 Å². The molecule has 0 aliphatic carbocycles. The molecule has 0 aromatic heterocycles. The van der Waals surface area contributed by atoms with Gasteiger partial charge in [0.1, 0.15) is 5.75 Å². The minimum atomic E-state index is -0.890. The van der Waals surface area contributed by atoms with Crippen LogP contribution < -0.4 is 4.74 Å². The predicted molar refractivity (Wildman–Crippen MR) is 107 cm³/mol. The number of para-hydroxylation sites is 1. The van der Waals surface area contributed by atoms with Crippen molar-refractivity contribution in [3.8, 4) is 16.9 Å². The van der Waals surface area contributed by atoms with Crippen molar-refractivity contribution in [1.82, 2.24) is 0 Å². The number of hydrogen-bond donors (Lipinski definition) is 1. The zero-order valence-electron chi connectivity index (χ0n) is 14.3. The molecule has 3 rings (SSSR count). The maximum Gasteiger partial charge on any atom is 0.336 e. The number of rotatable bonds is 8. The van der Waals surface area contributed by atoms with Gasteiger partial charge in [-0.25, -0.2) is 4.79 Å². The molecule has 3 aromatic carbocycles. The summed E-state index contributed by atoms with van der Waals surface area (Å²) in [5.74, 6) is 1.38. The number of benzene rings is 3. The fraction of sp³-hybridized carbons (Fsp3) is 0.136. The van der Waals surface area contributed by atoms with Crippen LogP contribution in [0.1, 0.15) is 15.9 Å². The average Bonchev–Trinajstić information content (AvgIpc) is 2.69. The summed E-state index contributed by atoms with van der Waals surface area (Å²) in [6.07, 6.45) is 0. The number of ether oxygens (including phenoxy) is 1. The Bertz CT molecular complexity index is 848. The Morgan fingerprint density at radius 2 is 1.58 bits per heavy atom. The van der Waals surface area contributed by atoms with Gasteiger partial charge in [0.2, 0.25) is 0 Å². The second-order valence-corrected chi connectivity index (χ2v) is 6.82. The highest BCUT2D eigenvalue weighted by molar-refractivity contribution is 7.98. The van der Waals surface area contributed by atoms with Crippen LogP contribution in [0.4, 0.5) is 0 Å². The SMILES string of the molecule is O=C(O)c1cccc(-c2ccccc2)c1CSCCOc1ccccc1. The second-order valence-electron chi connectivity index (χ2n) is 5.72. The Morgan fingerprint density at radius 3 is 2.27 bits per heavy atom. The molecule has 132 valence electrons. The highest BCUT2D eigenvalue weighted by Gasteiger charge is 2.15. The van der Waals surface area contributed by atoms with Gasteiger partial charge >= 0.3 is 5.97 Å². The maximum atomic E-state index is 11.6. The number of carboxylic acid groups (broad SMARTS) is 1. The van der Waals surface area contributed by atoms with E-state index >= 15 is 0 Å². The van der Waals surface area contributed by atoms with Crippen LogP contribution in [0, 0.1) is 0 Å². The highest BCUT2D eigenvalue weighted by atomic mass is 32.2. The van der Waals surface area contributed by atoms with E-state index in [1.165, 1.54) is 0 Å². The van der Waals surface area contributed by atoms with Gasteiger partial charge < -0.3 is 9.84 Å². The molecule has 0 amide bonds. The standard InChI is InChI=1S/C22H20O3S/c23-22(24)20-13-7-12-19(17-8-3-1-4-9-17)21(20)16-26-15-14-25-18-10-5-2-6-11-18/h1-13H,14-16H2,(H,23,24). The molecule has 0 fully saturated rings. The van der Waals surface area contributed by atoms with E-state index < -0.39 is 5.97 Å². The third kappa shape index (κ3) is 4.67. The first-order valence-corrected chi connectivity index (χ1v) is 9.57. The Balaban J connectivity index is 1.68. The van der Waals surface area contributed by atoms with Crippen molar-refractivity contribution in [1.29, 1.82) is 0 Å². The zero-order chi connectivity index (χ0) is 18.2. The molecule has 3 nitrogen and oxygen atoms in total. The third-order valence-corrected chi connectivity index (χ3v) is 4.93. The Morgan fingerprint density at radius 1 is 0.885 bits per heavy atom. The molecule has 0 aliphatic rings. The third-order valence-electron chi connectivity index (χ3n) is 3.98. The van der Waals surface area contributed by atoms with Crippen molar-refractivity contribution in [3.63, 3.8) is 0 Å². The lowest BCUT2D eigenvalue weighted by atomic mass is 9.96. The first kappa shape index (κ1) is 18.1. The van der Waals surface area contributed by atoms with Crippen LogP contribution >= 0.6 is 11.8 Å². The smallest absolute Gasteiger partial charge is 0.336 e. The number of carbonyl (C=O) groups is 1. The maximum absolute atomic E-state index is 11.6.